The van der Waals surface area contributed by atoms with Gasteiger partial charge in [-0.2, -0.15) is 0 Å². The van der Waals surface area contributed by atoms with E-state index in [2.05, 4.69) is 48.2 Å². The number of nitrogens with zero attached hydrogens (tertiary/aromatic N) is 3. The van der Waals surface area contributed by atoms with Gasteiger partial charge < -0.3 is 10.4 Å². The maximum absolute atomic E-state index is 9.73. The van der Waals surface area contributed by atoms with Crippen molar-refractivity contribution in [2.45, 2.75) is 43.6 Å². The number of anilines is 1. The van der Waals surface area contributed by atoms with Crippen LogP contribution < -0.4 is 5.32 Å². The molecule has 3 aromatic rings. The van der Waals surface area contributed by atoms with Gasteiger partial charge in [-0.25, -0.2) is 15.0 Å². The number of fused-ring (bicyclic) bond motifs is 1. The van der Waals surface area contributed by atoms with E-state index < -0.39 is 0 Å². The van der Waals surface area contributed by atoms with E-state index in [1.165, 1.54) is 16.9 Å². The molecular weight excluding hydrogens is 400 g/mol. The molecule has 0 unspecified atom stereocenters. The zero-order valence-corrected chi connectivity index (χ0v) is 17.9. The minimum Gasteiger partial charge on any atom is -0.394 e. The van der Waals surface area contributed by atoms with Gasteiger partial charge >= 0.3 is 0 Å². The van der Waals surface area contributed by atoms with Gasteiger partial charge in [0.15, 0.2) is 21.1 Å². The molecule has 0 radical (unpaired) electrons. The summed E-state index contributed by atoms with van der Waals surface area (Å²) in [4.78, 5) is 13.6. The van der Waals surface area contributed by atoms with Crippen LogP contribution >= 0.6 is 34.7 Å². The van der Waals surface area contributed by atoms with Gasteiger partial charge in [0.05, 0.1) is 12.6 Å². The van der Waals surface area contributed by atoms with Crippen LogP contribution in [0.3, 0.4) is 0 Å². The topological polar surface area (TPSA) is 70.9 Å². The molecule has 3 rings (SSSR count). The molecule has 0 saturated heterocycles. The van der Waals surface area contributed by atoms with Crippen LogP contribution in [-0.4, -0.2) is 32.7 Å². The van der Waals surface area contributed by atoms with Crippen molar-refractivity contribution in [1.29, 1.82) is 0 Å². The van der Waals surface area contributed by atoms with Gasteiger partial charge in [0.1, 0.15) is 4.70 Å². The first-order valence-corrected chi connectivity index (χ1v) is 11.0. The van der Waals surface area contributed by atoms with Gasteiger partial charge in [0, 0.05) is 5.25 Å². The molecule has 0 aliphatic heterocycles. The Hall–Kier alpha value is -1.41. The minimum atomic E-state index is -0.0756. The van der Waals surface area contributed by atoms with Crippen LogP contribution in [0.2, 0.25) is 4.47 Å². The summed E-state index contributed by atoms with van der Waals surface area (Å²) in [6, 6.07) is 10.2. The molecule has 0 amide bonds. The zero-order valence-electron chi connectivity index (χ0n) is 15.5. The molecule has 0 saturated carbocycles. The van der Waals surface area contributed by atoms with Crippen LogP contribution in [-0.2, 0) is 0 Å². The first-order chi connectivity index (χ1) is 13.0. The lowest BCUT2D eigenvalue weighted by atomic mass is 10.0. The summed E-state index contributed by atoms with van der Waals surface area (Å²) in [5, 5.41) is 13.9. The number of thioether (sulfide) groups is 1. The van der Waals surface area contributed by atoms with E-state index in [0.29, 0.717) is 27.0 Å². The molecular formula is C19H23ClN4OS2. The van der Waals surface area contributed by atoms with Crippen molar-refractivity contribution in [2.75, 3.05) is 11.9 Å². The smallest absolute Gasteiger partial charge is 0.192 e. The molecule has 2 N–H and O–H groups in total. The Morgan fingerprint density at radius 2 is 1.89 bits per heavy atom. The minimum absolute atomic E-state index is 0.0408. The number of hydrogen-bond donors (Lipinski definition) is 2. The third kappa shape index (κ3) is 5.31. The molecule has 0 aliphatic carbocycles. The Labute approximate surface area is 172 Å². The van der Waals surface area contributed by atoms with Crippen LogP contribution in [0.25, 0.3) is 10.3 Å². The van der Waals surface area contributed by atoms with Crippen molar-refractivity contribution in [3.63, 3.8) is 0 Å². The molecule has 2 heterocycles. The fourth-order valence-corrected chi connectivity index (χ4v) is 4.71. The number of hydrogen-bond acceptors (Lipinski definition) is 7. The number of aromatic nitrogens is 3. The molecule has 0 spiro atoms. The lowest BCUT2D eigenvalue weighted by molar-refractivity contribution is 0.259. The Morgan fingerprint density at radius 3 is 2.56 bits per heavy atom. The molecule has 0 bridgehead atoms. The largest absolute Gasteiger partial charge is 0.394 e. The molecule has 0 fully saturated rings. The lowest BCUT2D eigenvalue weighted by Crippen LogP contribution is -2.26. The highest BCUT2D eigenvalue weighted by atomic mass is 35.5. The monoisotopic (exact) mass is 422 g/mol. The lowest BCUT2D eigenvalue weighted by Gasteiger charge is -2.19. The van der Waals surface area contributed by atoms with Gasteiger partial charge in [-0.05, 0) is 24.8 Å². The number of halogens is 1. The van der Waals surface area contributed by atoms with Gasteiger partial charge in [0.2, 0.25) is 0 Å². The normalized spacial score (nSPS) is 13.9. The second-order valence-corrected chi connectivity index (χ2v) is 9.69. The first-order valence-electron chi connectivity index (χ1n) is 8.89. The SMILES string of the molecule is CC(C)C[C@H](CO)Nc1nc(S[C@@H](C)c2ccccc2)nc2nc(Cl)sc12. The van der Waals surface area contributed by atoms with Gasteiger partial charge in [0.25, 0.3) is 0 Å². The van der Waals surface area contributed by atoms with E-state index in [-0.39, 0.29) is 17.9 Å². The van der Waals surface area contributed by atoms with Crippen LogP contribution in [0.5, 0.6) is 0 Å². The molecule has 1 aromatic carbocycles. The summed E-state index contributed by atoms with van der Waals surface area (Å²) < 4.78 is 1.25. The summed E-state index contributed by atoms with van der Waals surface area (Å²) in [7, 11) is 0. The maximum Gasteiger partial charge on any atom is 0.192 e. The van der Waals surface area contributed by atoms with E-state index >= 15 is 0 Å². The number of rotatable bonds is 8. The predicted molar refractivity (Wildman–Crippen MR) is 115 cm³/mol. The summed E-state index contributed by atoms with van der Waals surface area (Å²) in [6.07, 6.45) is 0.845. The third-order valence-corrected chi connectivity index (χ3v) is 6.25. The van der Waals surface area contributed by atoms with Gasteiger partial charge in [-0.3, -0.25) is 0 Å². The number of nitrogens with one attached hydrogen (secondary N) is 1. The van der Waals surface area contributed by atoms with Gasteiger partial charge in [-0.1, -0.05) is 78.9 Å². The molecule has 5 nitrogen and oxygen atoms in total. The fraction of sp³-hybridized carbons (Fsp3) is 0.421. The molecule has 2 atom stereocenters. The summed E-state index contributed by atoms with van der Waals surface area (Å²) in [6.45, 7) is 6.43. The second kappa shape index (κ2) is 9.19. The van der Waals surface area contributed by atoms with Gasteiger partial charge in [-0.15, -0.1) is 0 Å². The predicted octanol–water partition coefficient (Wildman–Crippen LogP) is 5.41. The van der Waals surface area contributed by atoms with Crippen molar-refractivity contribution in [1.82, 2.24) is 15.0 Å². The summed E-state index contributed by atoms with van der Waals surface area (Å²) >= 11 is 9.05. The zero-order chi connectivity index (χ0) is 19.4. The molecule has 2 aromatic heterocycles. The number of benzene rings is 1. The van der Waals surface area contributed by atoms with E-state index in [1.54, 1.807) is 11.8 Å². The summed E-state index contributed by atoms with van der Waals surface area (Å²) in [5.74, 6) is 1.15. The standard InChI is InChI=1S/C19H23ClN4OS2/c1-11(2)9-14(10-25)21-16-15-17(22-18(20)27-15)24-19(23-16)26-12(3)13-7-5-4-6-8-13/h4-8,11-12,14,25H,9-10H2,1-3H3,(H,21,23,24)/t12-,14+/m0/s1. The Kier molecular flexibility index (Phi) is 6.92. The van der Waals surface area contributed by atoms with Crippen molar-refractivity contribution >= 4 is 50.9 Å². The molecule has 144 valence electrons. The van der Waals surface area contributed by atoms with E-state index in [0.717, 1.165) is 11.1 Å². The van der Waals surface area contributed by atoms with Crippen molar-refractivity contribution in [3.8, 4) is 0 Å². The van der Waals surface area contributed by atoms with Crippen LogP contribution in [0, 0.1) is 5.92 Å². The van der Waals surface area contributed by atoms with Crippen LogP contribution in [0.1, 0.15) is 38.0 Å². The van der Waals surface area contributed by atoms with Crippen molar-refractivity contribution in [2.24, 2.45) is 5.92 Å². The second-order valence-electron chi connectivity index (χ2n) is 6.80. The Balaban J connectivity index is 1.90. The average molecular weight is 423 g/mol. The third-order valence-electron chi connectivity index (χ3n) is 4.08. The highest BCUT2D eigenvalue weighted by Crippen LogP contribution is 2.37. The Morgan fingerprint density at radius 1 is 1.15 bits per heavy atom. The highest BCUT2D eigenvalue weighted by molar-refractivity contribution is 7.99. The maximum atomic E-state index is 9.73. The number of aliphatic hydroxyl groups excluding tert-OH is 1. The first kappa shape index (κ1) is 20.3. The fourth-order valence-electron chi connectivity index (χ4n) is 2.82. The van der Waals surface area contributed by atoms with E-state index in [9.17, 15) is 5.11 Å². The van der Waals surface area contributed by atoms with Crippen LogP contribution in [0.4, 0.5) is 5.82 Å². The molecule has 27 heavy (non-hydrogen) atoms. The number of aliphatic hydroxyl groups is 1. The molecule has 0 aliphatic rings. The van der Waals surface area contributed by atoms with Crippen molar-refractivity contribution in [3.05, 3.63) is 40.4 Å². The Bertz CT molecular complexity index is 888. The highest BCUT2D eigenvalue weighted by Gasteiger charge is 2.18. The van der Waals surface area contributed by atoms with E-state index in [1.807, 2.05) is 18.2 Å². The van der Waals surface area contributed by atoms with Crippen LogP contribution in [0.15, 0.2) is 35.5 Å². The average Bonchev–Trinajstić information content (AvgIpc) is 3.02. The molecule has 8 heteroatoms. The quantitative estimate of drug-likeness (QED) is 0.373. The summed E-state index contributed by atoms with van der Waals surface area (Å²) in [5.41, 5.74) is 1.80. The van der Waals surface area contributed by atoms with Crippen molar-refractivity contribution < 1.29 is 5.11 Å². The van der Waals surface area contributed by atoms with E-state index in [4.69, 9.17) is 16.6 Å². The number of thiazole rings is 1.